The number of fused-ring (bicyclic) bond motifs is 1. The Bertz CT molecular complexity index is 601. The van der Waals surface area contributed by atoms with Crippen LogP contribution in [0.4, 0.5) is 17.6 Å². The van der Waals surface area contributed by atoms with Crippen molar-refractivity contribution in [3.8, 4) is 11.5 Å². The number of carbonyl (C=O) groups excluding carboxylic acids is 1. The molecule has 0 saturated heterocycles. The average molecular weight is 291 g/mol. The van der Waals surface area contributed by atoms with Crippen molar-refractivity contribution in [3.05, 3.63) is 23.8 Å². The third-order valence-corrected chi connectivity index (χ3v) is 3.70. The SMILES string of the molecule is O=C([O-])C1(c2ccc3c(c2)OCO3)CC(F)(F)C1(F)F. The number of hydrogen-bond acceptors (Lipinski definition) is 4. The zero-order valence-electron chi connectivity index (χ0n) is 9.79. The molecular formula is C12H7F4O4-. The fourth-order valence-corrected chi connectivity index (χ4v) is 2.52. The average Bonchev–Trinajstić information content (AvgIpc) is 2.82. The summed E-state index contributed by atoms with van der Waals surface area (Å²) < 4.78 is 63.3. The quantitative estimate of drug-likeness (QED) is 0.765. The Labute approximate surface area is 109 Å². The number of ether oxygens (including phenoxy) is 2. The summed E-state index contributed by atoms with van der Waals surface area (Å²) in [6.07, 6.45) is -1.52. The van der Waals surface area contributed by atoms with E-state index < -0.39 is 35.2 Å². The molecule has 0 spiro atoms. The molecule has 4 nitrogen and oxygen atoms in total. The molecule has 0 radical (unpaired) electrons. The zero-order valence-corrected chi connectivity index (χ0v) is 9.79. The van der Waals surface area contributed by atoms with Gasteiger partial charge in [0.1, 0.15) is 5.41 Å². The number of hydrogen-bond donors (Lipinski definition) is 0. The molecule has 108 valence electrons. The molecule has 1 atom stereocenters. The first-order valence-corrected chi connectivity index (χ1v) is 5.59. The third-order valence-electron chi connectivity index (χ3n) is 3.70. The van der Waals surface area contributed by atoms with Crippen molar-refractivity contribution in [1.82, 2.24) is 0 Å². The molecule has 0 bridgehead atoms. The van der Waals surface area contributed by atoms with Crippen molar-refractivity contribution >= 4 is 5.97 Å². The van der Waals surface area contributed by atoms with E-state index in [9.17, 15) is 27.5 Å². The molecule has 1 unspecified atom stereocenters. The number of benzene rings is 1. The van der Waals surface area contributed by atoms with Gasteiger partial charge in [-0.1, -0.05) is 6.07 Å². The van der Waals surface area contributed by atoms with Crippen molar-refractivity contribution < 1.29 is 36.9 Å². The van der Waals surface area contributed by atoms with Crippen LogP contribution in [0.5, 0.6) is 11.5 Å². The van der Waals surface area contributed by atoms with E-state index in [0.717, 1.165) is 12.1 Å². The lowest BCUT2D eigenvalue weighted by Gasteiger charge is -2.54. The van der Waals surface area contributed by atoms with E-state index in [-0.39, 0.29) is 18.3 Å². The van der Waals surface area contributed by atoms with Gasteiger partial charge in [-0.15, -0.1) is 0 Å². The molecule has 1 saturated carbocycles. The monoisotopic (exact) mass is 291 g/mol. The Morgan fingerprint density at radius 3 is 2.35 bits per heavy atom. The van der Waals surface area contributed by atoms with Crippen LogP contribution in [0.1, 0.15) is 12.0 Å². The van der Waals surface area contributed by atoms with Crippen molar-refractivity contribution in [2.75, 3.05) is 6.79 Å². The van der Waals surface area contributed by atoms with Gasteiger partial charge < -0.3 is 19.4 Å². The summed E-state index contributed by atoms with van der Waals surface area (Å²) in [5, 5.41) is 11.1. The first kappa shape index (κ1) is 13.0. The highest BCUT2D eigenvalue weighted by Gasteiger charge is 2.81. The number of halogens is 4. The smallest absolute Gasteiger partial charge is 0.325 e. The van der Waals surface area contributed by atoms with Crippen LogP contribution < -0.4 is 14.6 Å². The van der Waals surface area contributed by atoms with Crippen LogP contribution in [-0.2, 0) is 10.2 Å². The number of carboxylic acid groups (broad SMARTS) is 1. The maximum absolute atomic E-state index is 13.7. The van der Waals surface area contributed by atoms with E-state index in [1.807, 2.05) is 0 Å². The van der Waals surface area contributed by atoms with Crippen molar-refractivity contribution in [3.63, 3.8) is 0 Å². The van der Waals surface area contributed by atoms with Crippen molar-refractivity contribution in [1.29, 1.82) is 0 Å². The van der Waals surface area contributed by atoms with E-state index in [2.05, 4.69) is 0 Å². The molecule has 0 N–H and O–H groups in total. The Morgan fingerprint density at radius 2 is 1.80 bits per heavy atom. The number of alkyl halides is 4. The molecule has 1 aliphatic carbocycles. The number of rotatable bonds is 2. The summed E-state index contributed by atoms with van der Waals surface area (Å²) in [5.41, 5.74) is -3.55. The highest BCUT2D eigenvalue weighted by atomic mass is 19.3. The maximum atomic E-state index is 13.7. The first-order valence-electron chi connectivity index (χ1n) is 5.59. The van der Waals surface area contributed by atoms with Crippen LogP contribution >= 0.6 is 0 Å². The first-order chi connectivity index (χ1) is 9.22. The molecule has 8 heteroatoms. The van der Waals surface area contributed by atoms with Crippen LogP contribution in [0.25, 0.3) is 0 Å². The molecule has 1 aromatic rings. The van der Waals surface area contributed by atoms with E-state index in [0.29, 0.717) is 0 Å². The van der Waals surface area contributed by atoms with Crippen LogP contribution in [0.15, 0.2) is 18.2 Å². The van der Waals surface area contributed by atoms with Gasteiger partial charge in [0.25, 0.3) is 0 Å². The summed E-state index contributed by atoms with van der Waals surface area (Å²) >= 11 is 0. The molecular weight excluding hydrogens is 284 g/mol. The van der Waals surface area contributed by atoms with Gasteiger partial charge in [-0.3, -0.25) is 0 Å². The van der Waals surface area contributed by atoms with Gasteiger partial charge >= 0.3 is 11.8 Å². The van der Waals surface area contributed by atoms with E-state index in [1.165, 1.54) is 6.07 Å². The lowest BCUT2D eigenvalue weighted by molar-refractivity contribution is -0.372. The minimum atomic E-state index is -4.73. The van der Waals surface area contributed by atoms with Crippen LogP contribution in [0.2, 0.25) is 0 Å². The number of carbonyl (C=O) groups is 1. The van der Waals surface area contributed by atoms with Gasteiger partial charge in [-0.25, -0.2) is 0 Å². The summed E-state index contributed by atoms with van der Waals surface area (Å²) in [6, 6.07) is 3.18. The minimum Gasteiger partial charge on any atom is -0.549 e. The summed E-state index contributed by atoms with van der Waals surface area (Å²) in [6.45, 7) is -0.149. The Kier molecular flexibility index (Phi) is 2.31. The molecule has 20 heavy (non-hydrogen) atoms. The van der Waals surface area contributed by atoms with Crippen LogP contribution in [-0.4, -0.2) is 24.6 Å². The van der Waals surface area contributed by atoms with Gasteiger partial charge in [0.15, 0.2) is 11.5 Å². The third kappa shape index (κ3) is 1.28. The molecule has 1 aliphatic heterocycles. The van der Waals surface area contributed by atoms with Crippen LogP contribution in [0.3, 0.4) is 0 Å². The summed E-state index contributed by atoms with van der Waals surface area (Å²) in [4.78, 5) is 11.1. The molecule has 1 heterocycles. The molecule has 1 fully saturated rings. The number of carboxylic acids is 1. The Hall–Kier alpha value is -1.99. The topological polar surface area (TPSA) is 58.6 Å². The van der Waals surface area contributed by atoms with Gasteiger partial charge in [0.05, 0.1) is 5.97 Å². The minimum absolute atomic E-state index is 0.0362. The van der Waals surface area contributed by atoms with E-state index >= 15 is 0 Å². The Balaban J connectivity index is 2.12. The zero-order chi connectivity index (χ0) is 14.8. The van der Waals surface area contributed by atoms with Crippen molar-refractivity contribution in [2.45, 2.75) is 23.7 Å². The second kappa shape index (κ2) is 3.56. The van der Waals surface area contributed by atoms with Crippen molar-refractivity contribution in [2.24, 2.45) is 0 Å². The molecule has 1 aromatic carbocycles. The predicted molar refractivity (Wildman–Crippen MR) is 53.8 cm³/mol. The highest BCUT2D eigenvalue weighted by molar-refractivity contribution is 5.84. The largest absolute Gasteiger partial charge is 0.549 e. The summed E-state index contributed by atoms with van der Waals surface area (Å²) in [7, 11) is 0. The fraction of sp³-hybridized carbons (Fsp3) is 0.417. The van der Waals surface area contributed by atoms with Gasteiger partial charge in [0.2, 0.25) is 6.79 Å². The lowest BCUT2D eigenvalue weighted by atomic mass is 9.58. The molecule has 3 rings (SSSR count). The summed E-state index contributed by atoms with van der Waals surface area (Å²) in [5.74, 6) is -11.1. The maximum Gasteiger partial charge on any atom is 0.325 e. The van der Waals surface area contributed by atoms with E-state index in [4.69, 9.17) is 9.47 Å². The molecule has 0 amide bonds. The fourth-order valence-electron chi connectivity index (χ4n) is 2.52. The normalized spacial score (nSPS) is 28.8. The molecule has 0 aromatic heterocycles. The van der Waals surface area contributed by atoms with Gasteiger partial charge in [0, 0.05) is 6.42 Å². The van der Waals surface area contributed by atoms with Gasteiger partial charge in [-0.2, -0.15) is 17.6 Å². The second-order valence-electron chi connectivity index (χ2n) is 4.72. The van der Waals surface area contributed by atoms with Crippen LogP contribution in [0, 0.1) is 0 Å². The van der Waals surface area contributed by atoms with E-state index in [1.54, 1.807) is 0 Å². The number of aliphatic carboxylic acids is 1. The highest BCUT2D eigenvalue weighted by Crippen LogP contribution is 2.64. The predicted octanol–water partition coefficient (Wildman–Crippen LogP) is 1.08. The standard InChI is InChI=1S/C12H8F4O4/c13-11(14)4-10(9(17)18,12(11,15)16)6-1-2-7-8(3-6)20-5-19-7/h1-3H,4-5H2,(H,17,18)/p-1. The molecule has 2 aliphatic rings. The Morgan fingerprint density at radius 1 is 1.15 bits per heavy atom. The van der Waals surface area contributed by atoms with Gasteiger partial charge in [-0.05, 0) is 17.7 Å². The second-order valence-corrected chi connectivity index (χ2v) is 4.72. The lowest BCUT2D eigenvalue weighted by Crippen LogP contribution is -2.75.